The highest BCUT2D eigenvalue weighted by Gasteiger charge is 2.23. The second kappa shape index (κ2) is 12.3. The molecule has 0 bridgehead atoms. The van der Waals surface area contributed by atoms with Crippen molar-refractivity contribution in [2.75, 3.05) is 0 Å². The van der Waals surface area contributed by atoms with E-state index in [0.29, 0.717) is 17.5 Å². The molecule has 0 aliphatic carbocycles. The van der Waals surface area contributed by atoms with Crippen molar-refractivity contribution in [1.29, 1.82) is 0 Å². The van der Waals surface area contributed by atoms with Crippen LogP contribution in [0.15, 0.2) is 191 Å². The third-order valence-corrected chi connectivity index (χ3v) is 11.1. The Morgan fingerprint density at radius 3 is 1.75 bits per heavy atom. The first-order chi connectivity index (χ1) is 28.2. The van der Waals surface area contributed by atoms with Crippen LogP contribution in [-0.2, 0) is 0 Å². The van der Waals surface area contributed by atoms with Gasteiger partial charge in [-0.15, -0.1) is 0 Å². The van der Waals surface area contributed by atoms with Gasteiger partial charge < -0.3 is 13.4 Å². The first kappa shape index (κ1) is 31.5. The fourth-order valence-electron chi connectivity index (χ4n) is 8.45. The van der Waals surface area contributed by atoms with Crippen molar-refractivity contribution < 1.29 is 8.83 Å². The molecule has 0 atom stereocenters. The van der Waals surface area contributed by atoms with Gasteiger partial charge in [0.05, 0.1) is 16.4 Å². The lowest BCUT2D eigenvalue weighted by Gasteiger charge is -2.11. The maximum atomic E-state index is 6.70. The molecule has 0 spiro atoms. The third-order valence-electron chi connectivity index (χ3n) is 11.1. The number of nitrogens with zero attached hydrogens (tertiary/aromatic N) is 4. The van der Waals surface area contributed by atoms with Crippen LogP contribution in [0.1, 0.15) is 0 Å². The van der Waals surface area contributed by atoms with E-state index in [1.807, 2.05) is 72.8 Å². The molecule has 8 aromatic carbocycles. The van der Waals surface area contributed by atoms with Crippen molar-refractivity contribution in [3.8, 4) is 51.0 Å². The standard InChI is InChI=1S/C51H30N4O2/c1-3-12-31(13-4-1)32-22-25-35(26-23-32)55-41-19-9-7-16-36(41)39-28-29-44-47(48(39)55)46-40(18-11-21-43(46)57-44)51-53-49(33-14-5-2-6-15-33)52-50(54-51)34-24-27-38-37-17-8-10-20-42(37)56-45(38)30-34/h1-30H. The van der Waals surface area contributed by atoms with Crippen molar-refractivity contribution >= 4 is 65.7 Å². The Kier molecular flexibility index (Phi) is 6.83. The molecular formula is C51H30N4O2. The van der Waals surface area contributed by atoms with E-state index in [2.05, 4.69) is 114 Å². The van der Waals surface area contributed by atoms with Gasteiger partial charge in [-0.2, -0.15) is 0 Å². The first-order valence-electron chi connectivity index (χ1n) is 19.0. The van der Waals surface area contributed by atoms with Crippen molar-refractivity contribution in [2.24, 2.45) is 0 Å². The number of rotatable bonds is 5. The van der Waals surface area contributed by atoms with Gasteiger partial charge in [-0.05, 0) is 65.7 Å². The van der Waals surface area contributed by atoms with Gasteiger partial charge in [0, 0.05) is 49.3 Å². The molecule has 12 aromatic rings. The third kappa shape index (κ3) is 4.94. The van der Waals surface area contributed by atoms with Gasteiger partial charge in [0.15, 0.2) is 17.5 Å². The summed E-state index contributed by atoms with van der Waals surface area (Å²) in [6, 6.07) is 62.7. The van der Waals surface area contributed by atoms with Crippen molar-refractivity contribution in [3.05, 3.63) is 182 Å². The molecule has 4 heterocycles. The maximum Gasteiger partial charge on any atom is 0.164 e. The molecule has 0 fully saturated rings. The monoisotopic (exact) mass is 730 g/mol. The fraction of sp³-hybridized carbons (Fsp3) is 0. The highest BCUT2D eigenvalue weighted by molar-refractivity contribution is 6.26. The molecule has 0 aliphatic rings. The lowest BCUT2D eigenvalue weighted by Crippen LogP contribution is -2.00. The predicted octanol–water partition coefficient (Wildman–Crippen LogP) is 13.4. The van der Waals surface area contributed by atoms with Crippen molar-refractivity contribution in [3.63, 3.8) is 0 Å². The van der Waals surface area contributed by atoms with Crippen LogP contribution in [0.3, 0.4) is 0 Å². The van der Waals surface area contributed by atoms with Gasteiger partial charge >= 0.3 is 0 Å². The highest BCUT2D eigenvalue weighted by Crippen LogP contribution is 2.44. The molecule has 0 N–H and O–H groups in total. The Balaban J connectivity index is 1.12. The van der Waals surface area contributed by atoms with Crippen molar-refractivity contribution in [1.82, 2.24) is 19.5 Å². The predicted molar refractivity (Wildman–Crippen MR) is 230 cm³/mol. The summed E-state index contributed by atoms with van der Waals surface area (Å²) in [4.78, 5) is 15.5. The fourth-order valence-corrected chi connectivity index (χ4v) is 8.45. The van der Waals surface area contributed by atoms with E-state index in [1.54, 1.807) is 0 Å². The van der Waals surface area contributed by atoms with Gasteiger partial charge in [0.1, 0.15) is 22.3 Å². The average Bonchev–Trinajstić information content (AvgIpc) is 3.96. The molecule has 266 valence electrons. The summed E-state index contributed by atoms with van der Waals surface area (Å²) in [6.45, 7) is 0. The quantitative estimate of drug-likeness (QED) is 0.176. The van der Waals surface area contributed by atoms with Crippen LogP contribution in [0.5, 0.6) is 0 Å². The van der Waals surface area contributed by atoms with E-state index in [0.717, 1.165) is 82.7 Å². The van der Waals surface area contributed by atoms with E-state index in [4.69, 9.17) is 23.8 Å². The van der Waals surface area contributed by atoms with E-state index < -0.39 is 0 Å². The number of fused-ring (bicyclic) bond motifs is 10. The number of hydrogen-bond donors (Lipinski definition) is 0. The van der Waals surface area contributed by atoms with Gasteiger partial charge in [-0.1, -0.05) is 127 Å². The van der Waals surface area contributed by atoms with Crippen molar-refractivity contribution in [2.45, 2.75) is 0 Å². The molecule has 6 nitrogen and oxygen atoms in total. The molecule has 12 rings (SSSR count). The minimum atomic E-state index is 0.559. The number of furan rings is 2. The maximum absolute atomic E-state index is 6.70. The van der Waals surface area contributed by atoms with Crippen LogP contribution in [0.2, 0.25) is 0 Å². The molecular weight excluding hydrogens is 701 g/mol. The summed E-state index contributed by atoms with van der Waals surface area (Å²) >= 11 is 0. The lowest BCUT2D eigenvalue weighted by molar-refractivity contribution is 0.669. The van der Waals surface area contributed by atoms with E-state index in [9.17, 15) is 0 Å². The molecule has 6 heteroatoms. The zero-order valence-corrected chi connectivity index (χ0v) is 30.4. The number of benzene rings is 8. The Hall–Kier alpha value is -7.83. The molecule has 0 radical (unpaired) electrons. The minimum Gasteiger partial charge on any atom is -0.456 e. The van der Waals surface area contributed by atoms with E-state index in [-0.39, 0.29) is 0 Å². The van der Waals surface area contributed by atoms with Crippen LogP contribution < -0.4 is 0 Å². The Bertz CT molecular complexity index is 3510. The van der Waals surface area contributed by atoms with Crippen LogP contribution in [0.4, 0.5) is 0 Å². The zero-order valence-electron chi connectivity index (χ0n) is 30.4. The summed E-state index contributed by atoms with van der Waals surface area (Å²) in [5.74, 6) is 1.70. The first-order valence-corrected chi connectivity index (χ1v) is 19.0. The smallest absolute Gasteiger partial charge is 0.164 e. The second-order valence-corrected chi connectivity index (χ2v) is 14.4. The van der Waals surface area contributed by atoms with E-state index in [1.165, 1.54) is 16.5 Å². The normalized spacial score (nSPS) is 11.9. The average molecular weight is 731 g/mol. The van der Waals surface area contributed by atoms with Gasteiger partial charge in [-0.3, -0.25) is 0 Å². The minimum absolute atomic E-state index is 0.559. The molecule has 0 saturated heterocycles. The van der Waals surface area contributed by atoms with Crippen LogP contribution in [0.25, 0.3) is 117 Å². The molecule has 0 saturated carbocycles. The summed E-state index contributed by atoms with van der Waals surface area (Å²) in [5.41, 5.74) is 11.4. The molecule has 0 unspecified atom stereocenters. The Labute approximate surface area is 325 Å². The number of para-hydroxylation sites is 2. The Morgan fingerprint density at radius 1 is 0.351 bits per heavy atom. The summed E-state index contributed by atoms with van der Waals surface area (Å²) in [5, 5.41) is 6.40. The SMILES string of the molecule is c1ccc(-c2ccc(-n3c4ccccc4c4ccc5oc6cccc(-c7nc(-c8ccccc8)nc(-c8ccc9c(c8)oc8ccccc89)n7)c6c5c43)cc2)cc1. The van der Waals surface area contributed by atoms with E-state index >= 15 is 0 Å². The summed E-state index contributed by atoms with van der Waals surface area (Å²) in [7, 11) is 0. The largest absolute Gasteiger partial charge is 0.456 e. The molecule has 0 aliphatic heterocycles. The van der Waals surface area contributed by atoms with Gasteiger partial charge in [-0.25, -0.2) is 15.0 Å². The summed E-state index contributed by atoms with van der Waals surface area (Å²) < 4.78 is 15.4. The number of aromatic nitrogens is 4. The molecule has 4 aromatic heterocycles. The zero-order chi connectivity index (χ0) is 37.5. The van der Waals surface area contributed by atoms with Gasteiger partial charge in [0.2, 0.25) is 0 Å². The second-order valence-electron chi connectivity index (χ2n) is 14.4. The lowest BCUT2D eigenvalue weighted by atomic mass is 10.0. The van der Waals surface area contributed by atoms with Gasteiger partial charge in [0.25, 0.3) is 0 Å². The molecule has 57 heavy (non-hydrogen) atoms. The van der Waals surface area contributed by atoms with Crippen LogP contribution in [-0.4, -0.2) is 19.5 Å². The van der Waals surface area contributed by atoms with Crippen LogP contribution in [0, 0.1) is 0 Å². The topological polar surface area (TPSA) is 69.9 Å². The highest BCUT2D eigenvalue weighted by atomic mass is 16.3. The summed E-state index contributed by atoms with van der Waals surface area (Å²) in [6.07, 6.45) is 0. The van der Waals surface area contributed by atoms with Crippen LogP contribution >= 0.6 is 0 Å². The Morgan fingerprint density at radius 2 is 0.930 bits per heavy atom. The number of hydrogen-bond acceptors (Lipinski definition) is 5. The molecule has 0 amide bonds.